The summed E-state index contributed by atoms with van der Waals surface area (Å²) in [5.74, 6) is -1.40. The lowest BCUT2D eigenvalue weighted by molar-refractivity contribution is -0.142. The molecule has 30 heavy (non-hydrogen) atoms. The average Bonchev–Trinajstić information content (AvgIpc) is 2.76. The third-order valence-corrected chi connectivity index (χ3v) is 3.76. The van der Waals surface area contributed by atoms with Crippen LogP contribution in [0.25, 0.3) is 6.08 Å². The van der Waals surface area contributed by atoms with E-state index in [-0.39, 0.29) is 12.2 Å². The smallest absolute Gasteiger partial charge is 0.349 e. The third kappa shape index (κ3) is 6.49. The lowest BCUT2D eigenvalue weighted by Gasteiger charge is -2.07. The Kier molecular flexibility index (Phi) is 8.15. The number of rotatable bonds is 8. The van der Waals surface area contributed by atoms with Crippen molar-refractivity contribution in [1.82, 2.24) is 0 Å². The molecule has 8 nitrogen and oxygen atoms in total. The van der Waals surface area contributed by atoms with Crippen LogP contribution in [0.15, 0.2) is 54.1 Å². The molecule has 0 bridgehead atoms. The molecule has 0 saturated carbocycles. The number of ether oxygens (including phenoxy) is 3. The van der Waals surface area contributed by atoms with Crippen LogP contribution < -0.4 is 10.1 Å². The van der Waals surface area contributed by atoms with Crippen LogP contribution >= 0.6 is 0 Å². The quantitative estimate of drug-likeness (QED) is 0.406. The van der Waals surface area contributed by atoms with Crippen molar-refractivity contribution in [2.45, 2.75) is 6.92 Å². The molecule has 0 saturated heterocycles. The fourth-order valence-corrected chi connectivity index (χ4v) is 2.34. The Labute approximate surface area is 173 Å². The van der Waals surface area contributed by atoms with Gasteiger partial charge in [0.05, 0.1) is 19.3 Å². The Morgan fingerprint density at radius 2 is 1.83 bits per heavy atom. The molecule has 2 rings (SSSR count). The van der Waals surface area contributed by atoms with Gasteiger partial charge < -0.3 is 19.5 Å². The average molecular weight is 408 g/mol. The van der Waals surface area contributed by atoms with Gasteiger partial charge in [0.15, 0.2) is 6.61 Å². The Morgan fingerprint density at radius 3 is 2.47 bits per heavy atom. The predicted octanol–water partition coefficient (Wildman–Crippen LogP) is 2.96. The first-order valence-electron chi connectivity index (χ1n) is 8.96. The van der Waals surface area contributed by atoms with Crippen LogP contribution in [0.1, 0.15) is 22.8 Å². The van der Waals surface area contributed by atoms with Gasteiger partial charge >= 0.3 is 11.9 Å². The summed E-state index contributed by atoms with van der Waals surface area (Å²) < 4.78 is 14.9. The highest BCUT2D eigenvalue weighted by atomic mass is 16.5. The van der Waals surface area contributed by atoms with Crippen molar-refractivity contribution in [2.24, 2.45) is 0 Å². The highest BCUT2D eigenvalue weighted by Gasteiger charge is 2.14. The summed E-state index contributed by atoms with van der Waals surface area (Å²) in [5, 5.41) is 11.7. The summed E-state index contributed by atoms with van der Waals surface area (Å²) in [7, 11) is 1.51. The van der Waals surface area contributed by atoms with Crippen LogP contribution in [-0.2, 0) is 19.1 Å². The van der Waals surface area contributed by atoms with Crippen molar-refractivity contribution in [3.05, 3.63) is 65.2 Å². The van der Waals surface area contributed by atoms with Crippen molar-refractivity contribution in [3.63, 3.8) is 0 Å². The normalized spacial score (nSPS) is 10.5. The zero-order valence-corrected chi connectivity index (χ0v) is 16.5. The second-order valence-electron chi connectivity index (χ2n) is 5.87. The van der Waals surface area contributed by atoms with Crippen LogP contribution in [0.2, 0.25) is 0 Å². The van der Waals surface area contributed by atoms with Gasteiger partial charge in [-0.3, -0.25) is 4.79 Å². The Balaban J connectivity index is 1.92. The molecule has 8 heteroatoms. The van der Waals surface area contributed by atoms with Crippen LogP contribution in [0.5, 0.6) is 5.75 Å². The summed E-state index contributed by atoms with van der Waals surface area (Å²) >= 11 is 0. The monoisotopic (exact) mass is 408 g/mol. The zero-order chi connectivity index (χ0) is 21.9. The molecule has 1 N–H and O–H groups in total. The van der Waals surface area contributed by atoms with E-state index in [0.29, 0.717) is 22.6 Å². The first kappa shape index (κ1) is 22.2. The molecule has 0 aromatic heterocycles. The molecule has 0 atom stereocenters. The second kappa shape index (κ2) is 11.0. The van der Waals surface area contributed by atoms with Crippen molar-refractivity contribution >= 4 is 29.6 Å². The molecule has 154 valence electrons. The molecule has 0 fully saturated rings. The third-order valence-electron chi connectivity index (χ3n) is 3.76. The molecule has 2 aromatic carbocycles. The number of methoxy groups -OCH3 is 1. The number of nitrogens with zero attached hydrogens (tertiary/aromatic N) is 1. The van der Waals surface area contributed by atoms with Crippen LogP contribution in [0.4, 0.5) is 5.69 Å². The van der Waals surface area contributed by atoms with Crippen molar-refractivity contribution in [1.29, 1.82) is 5.26 Å². The number of nitriles is 1. The largest absolute Gasteiger partial charge is 0.497 e. The molecule has 0 aliphatic rings. The number of hydrogen-bond donors (Lipinski definition) is 1. The maximum absolute atomic E-state index is 12.1. The maximum Gasteiger partial charge on any atom is 0.349 e. The molecule has 0 aliphatic heterocycles. The molecule has 2 aromatic rings. The highest BCUT2D eigenvalue weighted by Crippen LogP contribution is 2.16. The van der Waals surface area contributed by atoms with Gasteiger partial charge in [0.25, 0.3) is 5.91 Å². The van der Waals surface area contributed by atoms with E-state index in [1.807, 2.05) is 0 Å². The number of nitrogens with one attached hydrogen (secondary N) is 1. The zero-order valence-electron chi connectivity index (χ0n) is 16.5. The molecular weight excluding hydrogens is 388 g/mol. The van der Waals surface area contributed by atoms with Crippen molar-refractivity contribution in [3.8, 4) is 11.8 Å². The molecule has 0 aliphatic carbocycles. The Hall–Kier alpha value is -4.12. The highest BCUT2D eigenvalue weighted by molar-refractivity contribution is 6.00. The summed E-state index contributed by atoms with van der Waals surface area (Å²) in [6, 6.07) is 14.6. The molecule has 0 radical (unpaired) electrons. The number of anilines is 1. The lowest BCUT2D eigenvalue weighted by Crippen LogP contribution is -2.21. The molecule has 0 unspecified atom stereocenters. The predicted molar refractivity (Wildman–Crippen MR) is 109 cm³/mol. The summed E-state index contributed by atoms with van der Waals surface area (Å²) in [6.45, 7) is 1.40. The number of carbonyl (C=O) groups is 3. The maximum atomic E-state index is 12.1. The molecule has 0 heterocycles. The molecule has 1 amide bonds. The number of hydrogen-bond acceptors (Lipinski definition) is 7. The standard InChI is InChI=1S/C22H20N2O6/c1-3-29-21(26)16-7-9-18(10-8-16)24-20(25)14-30-22(27)17(13-23)11-15-5-4-6-19(12-15)28-2/h4-12H,3,14H2,1-2H3,(H,24,25)/b17-11+. The van der Waals surface area contributed by atoms with Gasteiger partial charge in [0.1, 0.15) is 17.4 Å². The van der Waals surface area contributed by atoms with Crippen LogP contribution in [0.3, 0.4) is 0 Å². The molecular formula is C22H20N2O6. The minimum atomic E-state index is -0.923. The van der Waals surface area contributed by atoms with Crippen molar-refractivity contribution < 1.29 is 28.6 Å². The summed E-state index contributed by atoms with van der Waals surface area (Å²) in [4.78, 5) is 35.7. The van der Waals surface area contributed by atoms with E-state index >= 15 is 0 Å². The van der Waals surface area contributed by atoms with Crippen molar-refractivity contribution in [2.75, 3.05) is 25.6 Å². The van der Waals surface area contributed by atoms with E-state index < -0.39 is 24.5 Å². The SMILES string of the molecule is CCOC(=O)c1ccc(NC(=O)COC(=O)/C(C#N)=C/c2cccc(OC)c2)cc1. The number of esters is 2. The fraction of sp³-hybridized carbons (Fsp3) is 0.182. The van der Waals surface area contributed by atoms with Crippen LogP contribution in [-0.4, -0.2) is 38.2 Å². The van der Waals surface area contributed by atoms with Gasteiger partial charge in [-0.25, -0.2) is 9.59 Å². The van der Waals surface area contributed by atoms with Gasteiger partial charge in [0.2, 0.25) is 0 Å². The van der Waals surface area contributed by atoms with Gasteiger partial charge in [-0.1, -0.05) is 12.1 Å². The van der Waals surface area contributed by atoms with E-state index in [0.717, 1.165) is 0 Å². The molecule has 0 spiro atoms. The summed E-state index contributed by atoms with van der Waals surface area (Å²) in [5.41, 5.74) is 1.09. The lowest BCUT2D eigenvalue weighted by atomic mass is 10.1. The number of amides is 1. The number of benzene rings is 2. The topological polar surface area (TPSA) is 115 Å². The minimum Gasteiger partial charge on any atom is -0.497 e. The van der Waals surface area contributed by atoms with E-state index in [1.54, 1.807) is 37.3 Å². The van der Waals surface area contributed by atoms with E-state index in [1.165, 1.54) is 37.5 Å². The van der Waals surface area contributed by atoms with Gasteiger partial charge in [-0.2, -0.15) is 5.26 Å². The first-order valence-corrected chi connectivity index (χ1v) is 8.96. The Morgan fingerprint density at radius 1 is 1.10 bits per heavy atom. The van der Waals surface area contributed by atoms with E-state index in [4.69, 9.17) is 14.2 Å². The van der Waals surface area contributed by atoms with Crippen LogP contribution in [0, 0.1) is 11.3 Å². The van der Waals surface area contributed by atoms with E-state index in [9.17, 15) is 19.6 Å². The van der Waals surface area contributed by atoms with Gasteiger partial charge in [-0.15, -0.1) is 0 Å². The Bertz CT molecular complexity index is 989. The minimum absolute atomic E-state index is 0.255. The fourth-order valence-electron chi connectivity index (χ4n) is 2.34. The summed E-state index contributed by atoms with van der Waals surface area (Å²) in [6.07, 6.45) is 1.34. The second-order valence-corrected chi connectivity index (χ2v) is 5.87. The van der Waals surface area contributed by atoms with Gasteiger partial charge in [-0.05, 0) is 55.0 Å². The number of carbonyl (C=O) groups excluding carboxylic acids is 3. The first-order chi connectivity index (χ1) is 14.5. The van der Waals surface area contributed by atoms with Gasteiger partial charge in [0, 0.05) is 5.69 Å². The van der Waals surface area contributed by atoms with E-state index in [2.05, 4.69) is 5.32 Å².